The van der Waals surface area contributed by atoms with Crippen molar-refractivity contribution in [3.63, 3.8) is 0 Å². The molecule has 0 heterocycles. The van der Waals surface area contributed by atoms with Crippen LogP contribution in [0.2, 0.25) is 0 Å². The quantitative estimate of drug-likeness (QED) is 0.606. The summed E-state index contributed by atoms with van der Waals surface area (Å²) in [5.74, 6) is 0.542. The van der Waals surface area contributed by atoms with Crippen LogP contribution >= 0.6 is 0 Å². The SMILES string of the molecule is CC=CCC1CCCCC1O. The van der Waals surface area contributed by atoms with Gasteiger partial charge in [0.15, 0.2) is 0 Å². The van der Waals surface area contributed by atoms with Gasteiger partial charge in [0.25, 0.3) is 0 Å². The van der Waals surface area contributed by atoms with E-state index in [2.05, 4.69) is 12.2 Å². The van der Waals surface area contributed by atoms with Gasteiger partial charge in [-0.2, -0.15) is 0 Å². The molecule has 2 atom stereocenters. The Balaban J connectivity index is 2.29. The monoisotopic (exact) mass is 154 g/mol. The molecule has 1 N–H and O–H groups in total. The fourth-order valence-electron chi connectivity index (χ4n) is 1.77. The van der Waals surface area contributed by atoms with Crippen molar-refractivity contribution in [3.8, 4) is 0 Å². The maximum absolute atomic E-state index is 9.56. The van der Waals surface area contributed by atoms with Gasteiger partial charge in [-0.15, -0.1) is 0 Å². The van der Waals surface area contributed by atoms with E-state index in [-0.39, 0.29) is 6.10 Å². The standard InChI is InChI=1S/C10H18O/c1-2-3-6-9-7-4-5-8-10(9)11/h2-3,9-11H,4-8H2,1H3. The molecule has 1 heteroatoms. The maximum atomic E-state index is 9.56. The molecule has 1 rings (SSSR count). The van der Waals surface area contributed by atoms with E-state index < -0.39 is 0 Å². The van der Waals surface area contributed by atoms with Gasteiger partial charge >= 0.3 is 0 Å². The summed E-state index contributed by atoms with van der Waals surface area (Å²) in [6, 6.07) is 0. The minimum absolute atomic E-state index is 0.0278. The van der Waals surface area contributed by atoms with Gasteiger partial charge in [-0.05, 0) is 32.1 Å². The maximum Gasteiger partial charge on any atom is 0.0571 e. The molecule has 2 unspecified atom stereocenters. The van der Waals surface area contributed by atoms with Gasteiger partial charge in [0.2, 0.25) is 0 Å². The number of aliphatic hydroxyl groups is 1. The summed E-state index contributed by atoms with van der Waals surface area (Å²) in [6.07, 6.45) is 10.0. The van der Waals surface area contributed by atoms with E-state index in [1.165, 1.54) is 19.3 Å². The molecular weight excluding hydrogens is 136 g/mol. The third-order valence-electron chi connectivity index (χ3n) is 2.54. The number of hydrogen-bond donors (Lipinski definition) is 1. The minimum Gasteiger partial charge on any atom is -0.393 e. The molecule has 1 saturated carbocycles. The summed E-state index contributed by atoms with van der Waals surface area (Å²) >= 11 is 0. The third-order valence-corrected chi connectivity index (χ3v) is 2.54. The Kier molecular flexibility index (Phi) is 3.64. The van der Waals surface area contributed by atoms with Crippen molar-refractivity contribution < 1.29 is 5.11 Å². The Morgan fingerprint density at radius 1 is 1.36 bits per heavy atom. The zero-order valence-corrected chi connectivity index (χ0v) is 7.29. The van der Waals surface area contributed by atoms with Crippen molar-refractivity contribution in [2.45, 2.75) is 45.1 Å². The van der Waals surface area contributed by atoms with Crippen LogP contribution in [0.4, 0.5) is 0 Å². The Morgan fingerprint density at radius 3 is 2.73 bits per heavy atom. The van der Waals surface area contributed by atoms with Crippen LogP contribution in [0.25, 0.3) is 0 Å². The number of hydrogen-bond acceptors (Lipinski definition) is 1. The zero-order chi connectivity index (χ0) is 8.10. The molecule has 1 aliphatic rings. The number of rotatable bonds is 2. The number of aliphatic hydroxyl groups excluding tert-OH is 1. The smallest absolute Gasteiger partial charge is 0.0571 e. The van der Waals surface area contributed by atoms with E-state index in [1.807, 2.05) is 6.92 Å². The van der Waals surface area contributed by atoms with Gasteiger partial charge in [-0.3, -0.25) is 0 Å². The van der Waals surface area contributed by atoms with Crippen LogP contribution in [0.15, 0.2) is 12.2 Å². The lowest BCUT2D eigenvalue weighted by Gasteiger charge is -2.26. The van der Waals surface area contributed by atoms with Crippen LogP contribution in [0, 0.1) is 5.92 Å². The molecule has 0 saturated heterocycles. The van der Waals surface area contributed by atoms with Crippen molar-refractivity contribution in [1.82, 2.24) is 0 Å². The summed E-state index contributed by atoms with van der Waals surface area (Å²) < 4.78 is 0. The van der Waals surface area contributed by atoms with Crippen LogP contribution in [-0.4, -0.2) is 11.2 Å². The summed E-state index contributed by atoms with van der Waals surface area (Å²) in [4.78, 5) is 0. The first kappa shape index (κ1) is 8.79. The molecule has 64 valence electrons. The molecule has 0 aromatic heterocycles. The lowest BCUT2D eigenvalue weighted by molar-refractivity contribution is 0.0714. The molecule has 1 aliphatic carbocycles. The fraction of sp³-hybridized carbons (Fsp3) is 0.800. The Morgan fingerprint density at radius 2 is 2.09 bits per heavy atom. The molecule has 11 heavy (non-hydrogen) atoms. The van der Waals surface area contributed by atoms with Gasteiger partial charge in [-0.1, -0.05) is 25.0 Å². The van der Waals surface area contributed by atoms with E-state index in [0.29, 0.717) is 5.92 Å². The molecule has 0 spiro atoms. The first-order chi connectivity index (χ1) is 5.34. The molecule has 1 fully saturated rings. The van der Waals surface area contributed by atoms with Crippen LogP contribution < -0.4 is 0 Å². The first-order valence-electron chi connectivity index (χ1n) is 4.64. The summed E-state index contributed by atoms with van der Waals surface area (Å²) in [5.41, 5.74) is 0. The average molecular weight is 154 g/mol. The van der Waals surface area contributed by atoms with Crippen molar-refractivity contribution >= 4 is 0 Å². The second kappa shape index (κ2) is 4.55. The van der Waals surface area contributed by atoms with Crippen molar-refractivity contribution in [1.29, 1.82) is 0 Å². The Labute approximate surface area is 69.1 Å². The lowest BCUT2D eigenvalue weighted by atomic mass is 9.84. The van der Waals surface area contributed by atoms with Crippen LogP contribution in [0.1, 0.15) is 39.0 Å². The normalized spacial score (nSPS) is 32.9. The molecule has 0 radical (unpaired) electrons. The molecule has 0 aromatic carbocycles. The van der Waals surface area contributed by atoms with E-state index in [4.69, 9.17) is 0 Å². The highest BCUT2D eigenvalue weighted by atomic mass is 16.3. The second-order valence-corrected chi connectivity index (χ2v) is 3.42. The highest BCUT2D eigenvalue weighted by molar-refractivity contribution is 4.85. The zero-order valence-electron chi connectivity index (χ0n) is 7.29. The minimum atomic E-state index is -0.0278. The molecule has 1 nitrogen and oxygen atoms in total. The summed E-state index contributed by atoms with van der Waals surface area (Å²) in [6.45, 7) is 2.04. The topological polar surface area (TPSA) is 20.2 Å². The van der Waals surface area contributed by atoms with Gasteiger partial charge in [0.05, 0.1) is 6.10 Å². The van der Waals surface area contributed by atoms with Gasteiger partial charge in [-0.25, -0.2) is 0 Å². The Bertz CT molecular complexity index is 129. The highest BCUT2D eigenvalue weighted by Gasteiger charge is 2.21. The third kappa shape index (κ3) is 2.66. The summed E-state index contributed by atoms with van der Waals surface area (Å²) in [7, 11) is 0. The molecule has 0 aliphatic heterocycles. The Hall–Kier alpha value is -0.300. The van der Waals surface area contributed by atoms with Crippen molar-refractivity contribution in [2.75, 3.05) is 0 Å². The first-order valence-corrected chi connectivity index (χ1v) is 4.64. The molecule has 0 bridgehead atoms. The van der Waals surface area contributed by atoms with Crippen molar-refractivity contribution in [2.24, 2.45) is 5.92 Å². The van der Waals surface area contributed by atoms with E-state index in [9.17, 15) is 5.11 Å². The number of allylic oxidation sites excluding steroid dienone is 2. The van der Waals surface area contributed by atoms with Crippen molar-refractivity contribution in [3.05, 3.63) is 12.2 Å². The second-order valence-electron chi connectivity index (χ2n) is 3.42. The van der Waals surface area contributed by atoms with Gasteiger partial charge < -0.3 is 5.11 Å². The average Bonchev–Trinajstić information content (AvgIpc) is 2.03. The van der Waals surface area contributed by atoms with Crippen LogP contribution in [-0.2, 0) is 0 Å². The molecule has 0 aromatic rings. The van der Waals surface area contributed by atoms with E-state index in [0.717, 1.165) is 12.8 Å². The summed E-state index contributed by atoms with van der Waals surface area (Å²) in [5, 5.41) is 9.56. The predicted molar refractivity (Wildman–Crippen MR) is 47.4 cm³/mol. The lowest BCUT2D eigenvalue weighted by Crippen LogP contribution is -2.23. The van der Waals surface area contributed by atoms with E-state index in [1.54, 1.807) is 0 Å². The highest BCUT2D eigenvalue weighted by Crippen LogP contribution is 2.26. The van der Waals surface area contributed by atoms with Gasteiger partial charge in [0, 0.05) is 0 Å². The van der Waals surface area contributed by atoms with Crippen LogP contribution in [0.5, 0.6) is 0 Å². The largest absolute Gasteiger partial charge is 0.393 e. The fourth-order valence-corrected chi connectivity index (χ4v) is 1.77. The van der Waals surface area contributed by atoms with E-state index >= 15 is 0 Å². The molecular formula is C10H18O. The predicted octanol–water partition coefficient (Wildman–Crippen LogP) is 2.50. The molecule has 0 amide bonds. The van der Waals surface area contributed by atoms with Crippen LogP contribution in [0.3, 0.4) is 0 Å². The van der Waals surface area contributed by atoms with Gasteiger partial charge in [0.1, 0.15) is 0 Å².